The molecule has 0 saturated carbocycles. The molecule has 0 radical (unpaired) electrons. The molecule has 0 aliphatic rings. The fourth-order valence-corrected chi connectivity index (χ4v) is 1.20. The fraction of sp³-hybridized carbons (Fsp3) is 1.00. The van der Waals surface area contributed by atoms with E-state index in [4.69, 9.17) is 4.74 Å². The predicted octanol–water partition coefficient (Wildman–Crippen LogP) is 2.54. The Morgan fingerprint density at radius 3 is 2.07 bits per heavy atom. The van der Waals surface area contributed by atoms with Gasteiger partial charge in [0.1, 0.15) is 6.61 Å². The van der Waals surface area contributed by atoms with E-state index in [1.54, 1.807) is 0 Å². The topological polar surface area (TPSA) is 21.3 Å². The Morgan fingerprint density at radius 1 is 1.07 bits per heavy atom. The molecule has 92 valence electrons. The molecule has 0 aromatic rings. The van der Waals surface area contributed by atoms with Crippen molar-refractivity contribution in [2.45, 2.75) is 40.2 Å². The summed E-state index contributed by atoms with van der Waals surface area (Å²) >= 11 is 0. The minimum Gasteiger partial charge on any atom is -0.371 e. The van der Waals surface area contributed by atoms with Crippen LogP contribution in [-0.2, 0) is 4.74 Å². The van der Waals surface area contributed by atoms with E-state index in [0.717, 1.165) is 6.54 Å². The highest BCUT2D eigenvalue weighted by Gasteiger charge is 2.15. The lowest BCUT2D eigenvalue weighted by atomic mass is 10.1. The van der Waals surface area contributed by atoms with Crippen LogP contribution in [0.5, 0.6) is 0 Å². The van der Waals surface area contributed by atoms with Crippen LogP contribution in [0.25, 0.3) is 0 Å². The number of halogens is 2. The number of nitrogens with one attached hydrogen (secondary N) is 1. The Kier molecular flexibility index (Phi) is 7.88. The molecule has 2 nitrogen and oxygen atoms in total. The van der Waals surface area contributed by atoms with E-state index in [-0.39, 0.29) is 12.0 Å². The third-order valence-electron chi connectivity index (χ3n) is 2.08. The normalized spacial score (nSPS) is 14.2. The van der Waals surface area contributed by atoms with E-state index in [1.165, 1.54) is 0 Å². The van der Waals surface area contributed by atoms with Gasteiger partial charge in [-0.25, -0.2) is 8.78 Å². The first-order chi connectivity index (χ1) is 6.93. The molecule has 0 saturated heterocycles. The van der Waals surface area contributed by atoms with E-state index < -0.39 is 13.0 Å². The third-order valence-corrected chi connectivity index (χ3v) is 2.08. The zero-order valence-corrected chi connectivity index (χ0v) is 10.1. The summed E-state index contributed by atoms with van der Waals surface area (Å²) < 4.78 is 29.1. The maximum Gasteiger partial charge on any atom is 0.261 e. The fourth-order valence-electron chi connectivity index (χ4n) is 1.20. The first-order valence-electron chi connectivity index (χ1n) is 5.54. The van der Waals surface area contributed by atoms with Crippen molar-refractivity contribution in [3.8, 4) is 0 Å². The number of ether oxygens (including phenoxy) is 1. The van der Waals surface area contributed by atoms with Crippen LogP contribution in [0.4, 0.5) is 8.78 Å². The molecule has 0 aliphatic carbocycles. The van der Waals surface area contributed by atoms with E-state index in [2.05, 4.69) is 19.2 Å². The standard InChI is InChI=1S/C11H23F2NO/c1-8(2)5-14-6-10(9(3)4)15-7-11(12)13/h8-11,14H,5-7H2,1-4H3. The molecule has 0 rings (SSSR count). The van der Waals surface area contributed by atoms with Gasteiger partial charge >= 0.3 is 0 Å². The summed E-state index contributed by atoms with van der Waals surface area (Å²) in [5.74, 6) is 0.816. The molecule has 0 amide bonds. The van der Waals surface area contributed by atoms with Crippen LogP contribution in [0.3, 0.4) is 0 Å². The molecule has 0 heterocycles. The minimum atomic E-state index is -2.38. The van der Waals surface area contributed by atoms with Gasteiger partial charge in [-0.1, -0.05) is 27.7 Å². The van der Waals surface area contributed by atoms with Crippen molar-refractivity contribution in [1.82, 2.24) is 5.32 Å². The largest absolute Gasteiger partial charge is 0.371 e. The van der Waals surface area contributed by atoms with Crippen LogP contribution in [0.2, 0.25) is 0 Å². The van der Waals surface area contributed by atoms with Crippen LogP contribution < -0.4 is 5.32 Å². The summed E-state index contributed by atoms with van der Waals surface area (Å²) in [5, 5.41) is 3.22. The smallest absolute Gasteiger partial charge is 0.261 e. The van der Waals surface area contributed by atoms with Crippen LogP contribution in [0, 0.1) is 11.8 Å². The van der Waals surface area contributed by atoms with Gasteiger partial charge in [0.05, 0.1) is 6.10 Å². The van der Waals surface area contributed by atoms with Crippen molar-refractivity contribution in [3.05, 3.63) is 0 Å². The van der Waals surface area contributed by atoms with E-state index in [0.29, 0.717) is 12.5 Å². The number of hydrogen-bond acceptors (Lipinski definition) is 2. The van der Waals surface area contributed by atoms with Gasteiger partial charge < -0.3 is 10.1 Å². The highest BCUT2D eigenvalue weighted by molar-refractivity contribution is 4.66. The molecular weight excluding hydrogens is 200 g/mol. The van der Waals surface area contributed by atoms with Crippen LogP contribution >= 0.6 is 0 Å². The van der Waals surface area contributed by atoms with Gasteiger partial charge in [-0.2, -0.15) is 0 Å². The minimum absolute atomic E-state index is 0.127. The molecule has 0 spiro atoms. The Hall–Kier alpha value is -0.220. The first-order valence-corrected chi connectivity index (χ1v) is 5.54. The second kappa shape index (κ2) is 7.99. The number of hydrogen-bond donors (Lipinski definition) is 1. The van der Waals surface area contributed by atoms with Crippen molar-refractivity contribution in [2.75, 3.05) is 19.7 Å². The zero-order chi connectivity index (χ0) is 11.8. The van der Waals surface area contributed by atoms with Crippen molar-refractivity contribution in [2.24, 2.45) is 11.8 Å². The van der Waals surface area contributed by atoms with Crippen molar-refractivity contribution < 1.29 is 13.5 Å². The lowest BCUT2D eigenvalue weighted by Crippen LogP contribution is -2.35. The molecule has 1 atom stereocenters. The highest BCUT2D eigenvalue weighted by atomic mass is 19.3. The summed E-state index contributed by atoms with van der Waals surface area (Å²) in [6.45, 7) is 9.24. The monoisotopic (exact) mass is 223 g/mol. The van der Waals surface area contributed by atoms with Crippen LogP contribution in [-0.4, -0.2) is 32.2 Å². The Morgan fingerprint density at radius 2 is 1.67 bits per heavy atom. The maximum atomic E-state index is 12.0. The average Bonchev–Trinajstić information content (AvgIpc) is 2.09. The molecule has 0 bridgehead atoms. The predicted molar refractivity (Wildman–Crippen MR) is 58.3 cm³/mol. The molecule has 0 aliphatic heterocycles. The van der Waals surface area contributed by atoms with Gasteiger partial charge in [0, 0.05) is 6.54 Å². The lowest BCUT2D eigenvalue weighted by Gasteiger charge is -2.22. The molecule has 0 aromatic carbocycles. The highest BCUT2D eigenvalue weighted by Crippen LogP contribution is 2.07. The second-order valence-electron chi connectivity index (χ2n) is 4.56. The van der Waals surface area contributed by atoms with Crippen molar-refractivity contribution in [1.29, 1.82) is 0 Å². The summed E-state index contributed by atoms with van der Waals surface area (Å²) in [6, 6.07) is 0. The second-order valence-corrected chi connectivity index (χ2v) is 4.56. The number of alkyl halides is 2. The van der Waals surface area contributed by atoms with Gasteiger partial charge in [0.2, 0.25) is 0 Å². The molecule has 15 heavy (non-hydrogen) atoms. The van der Waals surface area contributed by atoms with E-state index >= 15 is 0 Å². The van der Waals surface area contributed by atoms with Gasteiger partial charge in [-0.05, 0) is 18.4 Å². The Balaban J connectivity index is 3.73. The third kappa shape index (κ3) is 8.75. The number of rotatable bonds is 8. The molecule has 1 unspecified atom stereocenters. The molecule has 0 fully saturated rings. The van der Waals surface area contributed by atoms with Crippen LogP contribution in [0.15, 0.2) is 0 Å². The Labute approximate surface area is 91.4 Å². The van der Waals surface area contributed by atoms with E-state index in [1.807, 2.05) is 13.8 Å². The first kappa shape index (κ1) is 14.8. The van der Waals surface area contributed by atoms with Gasteiger partial charge in [-0.15, -0.1) is 0 Å². The maximum absolute atomic E-state index is 12.0. The summed E-state index contributed by atoms with van der Waals surface area (Å²) in [7, 11) is 0. The average molecular weight is 223 g/mol. The summed E-state index contributed by atoms with van der Waals surface area (Å²) in [4.78, 5) is 0. The van der Waals surface area contributed by atoms with Crippen molar-refractivity contribution >= 4 is 0 Å². The molecule has 0 aromatic heterocycles. The zero-order valence-electron chi connectivity index (χ0n) is 10.1. The molecule has 4 heteroatoms. The lowest BCUT2D eigenvalue weighted by molar-refractivity contribution is -0.0402. The summed E-state index contributed by atoms with van der Waals surface area (Å²) in [5.41, 5.74) is 0. The van der Waals surface area contributed by atoms with Gasteiger partial charge in [0.15, 0.2) is 0 Å². The van der Waals surface area contributed by atoms with Gasteiger partial charge in [-0.3, -0.25) is 0 Å². The Bertz CT molecular complexity index is 152. The SMILES string of the molecule is CC(C)CNCC(OCC(F)F)C(C)C. The van der Waals surface area contributed by atoms with Crippen molar-refractivity contribution in [3.63, 3.8) is 0 Å². The summed E-state index contributed by atoms with van der Waals surface area (Å²) in [6.07, 6.45) is -2.51. The van der Waals surface area contributed by atoms with Crippen LogP contribution in [0.1, 0.15) is 27.7 Å². The quantitative estimate of drug-likeness (QED) is 0.682. The van der Waals surface area contributed by atoms with Gasteiger partial charge in [0.25, 0.3) is 6.43 Å². The molecular formula is C11H23F2NO. The van der Waals surface area contributed by atoms with E-state index in [9.17, 15) is 8.78 Å². The molecule has 1 N–H and O–H groups in total.